The molecule has 0 spiro atoms. The van der Waals surface area contributed by atoms with Gasteiger partial charge in [-0.15, -0.1) is 0 Å². The third kappa shape index (κ3) is 5.58. The molecule has 0 fully saturated rings. The van der Waals surface area contributed by atoms with Crippen LogP contribution in [0.5, 0.6) is 0 Å². The Balaban J connectivity index is 2.35. The van der Waals surface area contributed by atoms with E-state index >= 15 is 0 Å². The van der Waals surface area contributed by atoms with Crippen molar-refractivity contribution in [3.8, 4) is 0 Å². The fraction of sp³-hybridized carbons (Fsp3) is 0.462. The van der Waals surface area contributed by atoms with E-state index in [9.17, 15) is 13.2 Å². The molecule has 0 saturated carbocycles. The van der Waals surface area contributed by atoms with Gasteiger partial charge in [-0.2, -0.15) is 0 Å². The molecule has 0 aliphatic heterocycles. The van der Waals surface area contributed by atoms with Gasteiger partial charge < -0.3 is 15.7 Å². The first-order valence-electron chi connectivity index (χ1n) is 6.36. The van der Waals surface area contributed by atoms with Gasteiger partial charge in [-0.25, -0.2) is 13.2 Å². The van der Waals surface area contributed by atoms with E-state index in [1.807, 2.05) is 0 Å². The summed E-state index contributed by atoms with van der Waals surface area (Å²) in [6.07, 6.45) is 0. The minimum atomic E-state index is -3.37. The zero-order chi connectivity index (χ0) is 15.0. The molecule has 7 heteroatoms. The van der Waals surface area contributed by atoms with Gasteiger partial charge in [0.25, 0.3) is 0 Å². The van der Waals surface area contributed by atoms with Gasteiger partial charge in [0.15, 0.2) is 9.84 Å². The minimum absolute atomic E-state index is 0.0112. The van der Waals surface area contributed by atoms with Crippen molar-refractivity contribution in [3.05, 3.63) is 30.3 Å². The third-order valence-electron chi connectivity index (χ3n) is 2.68. The van der Waals surface area contributed by atoms with Gasteiger partial charge >= 0.3 is 6.03 Å². The number of hydrogen-bond donors (Lipinski definition) is 3. The number of carbonyl (C=O) groups excluding carboxylic acids is 1. The first-order valence-corrected chi connectivity index (χ1v) is 8.01. The molecule has 0 radical (unpaired) electrons. The SMILES string of the molecule is CC(CO)CNC(=O)NCCS(=O)(=O)c1ccccc1. The van der Waals surface area contributed by atoms with Gasteiger partial charge in [0.2, 0.25) is 0 Å². The number of aliphatic hydroxyl groups is 1. The first-order chi connectivity index (χ1) is 9.45. The van der Waals surface area contributed by atoms with E-state index in [4.69, 9.17) is 5.11 Å². The van der Waals surface area contributed by atoms with Crippen LogP contribution in [-0.4, -0.2) is 45.0 Å². The molecule has 2 amide bonds. The Hall–Kier alpha value is -1.60. The predicted molar refractivity (Wildman–Crippen MR) is 76.1 cm³/mol. The average molecular weight is 300 g/mol. The van der Waals surface area contributed by atoms with Crippen molar-refractivity contribution in [2.45, 2.75) is 11.8 Å². The summed E-state index contributed by atoms with van der Waals surface area (Å²) in [5, 5.41) is 13.8. The van der Waals surface area contributed by atoms with E-state index in [0.717, 1.165) is 0 Å². The van der Waals surface area contributed by atoms with E-state index < -0.39 is 15.9 Å². The Kier molecular flexibility index (Phi) is 6.47. The smallest absolute Gasteiger partial charge is 0.314 e. The van der Waals surface area contributed by atoms with E-state index in [2.05, 4.69) is 10.6 Å². The molecule has 6 nitrogen and oxygen atoms in total. The number of carbonyl (C=O) groups is 1. The Morgan fingerprint density at radius 3 is 2.50 bits per heavy atom. The van der Waals surface area contributed by atoms with Crippen LogP contribution < -0.4 is 10.6 Å². The highest BCUT2D eigenvalue weighted by atomic mass is 32.2. The summed E-state index contributed by atoms with van der Waals surface area (Å²) in [7, 11) is -3.37. The van der Waals surface area contributed by atoms with Crippen molar-refractivity contribution in [1.29, 1.82) is 0 Å². The number of urea groups is 1. The molecule has 20 heavy (non-hydrogen) atoms. The second-order valence-corrected chi connectivity index (χ2v) is 6.67. The van der Waals surface area contributed by atoms with E-state index in [1.165, 1.54) is 12.1 Å². The second-order valence-electron chi connectivity index (χ2n) is 4.56. The Bertz CT molecular complexity index is 516. The zero-order valence-electron chi connectivity index (χ0n) is 11.4. The number of amides is 2. The van der Waals surface area contributed by atoms with E-state index in [1.54, 1.807) is 25.1 Å². The van der Waals surface area contributed by atoms with Gasteiger partial charge in [-0.05, 0) is 18.1 Å². The molecule has 1 aromatic carbocycles. The summed E-state index contributed by atoms with van der Waals surface area (Å²) in [5.41, 5.74) is 0. The molecule has 0 bridgehead atoms. The van der Waals surface area contributed by atoms with Crippen molar-refractivity contribution < 1.29 is 18.3 Å². The van der Waals surface area contributed by atoms with Crippen molar-refractivity contribution in [3.63, 3.8) is 0 Å². The molecule has 1 unspecified atom stereocenters. The van der Waals surface area contributed by atoms with Crippen LogP contribution in [0.3, 0.4) is 0 Å². The predicted octanol–water partition coefficient (Wildman–Crippen LogP) is 0.388. The van der Waals surface area contributed by atoms with Gasteiger partial charge in [0, 0.05) is 19.7 Å². The average Bonchev–Trinajstić information content (AvgIpc) is 2.45. The zero-order valence-corrected chi connectivity index (χ0v) is 12.2. The van der Waals surface area contributed by atoms with Crippen molar-refractivity contribution in [2.24, 2.45) is 5.92 Å². The topological polar surface area (TPSA) is 95.5 Å². The fourth-order valence-electron chi connectivity index (χ4n) is 1.44. The van der Waals surface area contributed by atoms with Crippen LogP contribution in [0.15, 0.2) is 35.2 Å². The Morgan fingerprint density at radius 1 is 1.25 bits per heavy atom. The maximum atomic E-state index is 11.9. The van der Waals surface area contributed by atoms with Crippen molar-refractivity contribution in [1.82, 2.24) is 10.6 Å². The monoisotopic (exact) mass is 300 g/mol. The summed E-state index contributed by atoms with van der Waals surface area (Å²) >= 11 is 0. The van der Waals surface area contributed by atoms with Crippen LogP contribution in [0, 0.1) is 5.92 Å². The van der Waals surface area contributed by atoms with E-state index in [-0.39, 0.29) is 29.7 Å². The lowest BCUT2D eigenvalue weighted by atomic mass is 10.2. The Morgan fingerprint density at radius 2 is 1.90 bits per heavy atom. The molecule has 0 aliphatic rings. The van der Waals surface area contributed by atoms with Gasteiger partial charge in [0.05, 0.1) is 10.6 Å². The molecule has 3 N–H and O–H groups in total. The highest BCUT2D eigenvalue weighted by molar-refractivity contribution is 7.91. The molecule has 0 aromatic heterocycles. The van der Waals surface area contributed by atoms with Crippen LogP contribution in [0.4, 0.5) is 4.79 Å². The number of benzene rings is 1. The second kappa shape index (κ2) is 7.86. The molecule has 1 rings (SSSR count). The number of aliphatic hydroxyl groups excluding tert-OH is 1. The van der Waals surface area contributed by atoms with Crippen LogP contribution >= 0.6 is 0 Å². The maximum absolute atomic E-state index is 11.9. The van der Waals surface area contributed by atoms with E-state index in [0.29, 0.717) is 6.54 Å². The largest absolute Gasteiger partial charge is 0.396 e. The highest BCUT2D eigenvalue weighted by Crippen LogP contribution is 2.09. The lowest BCUT2D eigenvalue weighted by molar-refractivity contribution is 0.222. The number of nitrogens with one attached hydrogen (secondary N) is 2. The third-order valence-corrected chi connectivity index (χ3v) is 4.41. The number of hydrogen-bond acceptors (Lipinski definition) is 4. The molecular weight excluding hydrogens is 280 g/mol. The molecule has 0 heterocycles. The standard InChI is InChI=1S/C13H20N2O4S/c1-11(10-16)9-15-13(17)14-7-8-20(18,19)12-5-3-2-4-6-12/h2-6,11,16H,7-10H2,1H3,(H2,14,15,17). The summed E-state index contributed by atoms with van der Waals surface area (Å²) in [4.78, 5) is 11.6. The molecule has 0 aliphatic carbocycles. The molecule has 1 atom stereocenters. The summed E-state index contributed by atoms with van der Waals surface area (Å²) in [6.45, 7) is 2.16. The molecule has 0 saturated heterocycles. The lowest BCUT2D eigenvalue weighted by Crippen LogP contribution is -2.40. The number of sulfone groups is 1. The minimum Gasteiger partial charge on any atom is -0.396 e. The normalized spacial score (nSPS) is 12.7. The Labute approximate surface area is 119 Å². The van der Waals surface area contributed by atoms with Crippen LogP contribution in [-0.2, 0) is 9.84 Å². The van der Waals surface area contributed by atoms with Gasteiger partial charge in [-0.3, -0.25) is 0 Å². The van der Waals surface area contributed by atoms with Crippen LogP contribution in [0.2, 0.25) is 0 Å². The van der Waals surface area contributed by atoms with Gasteiger partial charge in [0.1, 0.15) is 0 Å². The molecule has 112 valence electrons. The fourth-order valence-corrected chi connectivity index (χ4v) is 2.62. The highest BCUT2D eigenvalue weighted by Gasteiger charge is 2.14. The van der Waals surface area contributed by atoms with Gasteiger partial charge in [-0.1, -0.05) is 25.1 Å². The number of rotatable bonds is 7. The quantitative estimate of drug-likeness (QED) is 0.678. The first kappa shape index (κ1) is 16.5. The summed E-state index contributed by atoms with van der Waals surface area (Å²) in [6, 6.07) is 7.67. The summed E-state index contributed by atoms with van der Waals surface area (Å²) < 4.78 is 23.8. The van der Waals surface area contributed by atoms with Crippen molar-refractivity contribution in [2.75, 3.05) is 25.4 Å². The molecular formula is C13H20N2O4S. The van der Waals surface area contributed by atoms with Crippen LogP contribution in [0.25, 0.3) is 0 Å². The molecule has 1 aromatic rings. The maximum Gasteiger partial charge on any atom is 0.314 e. The summed E-state index contributed by atoms with van der Waals surface area (Å²) in [5.74, 6) is -0.186. The van der Waals surface area contributed by atoms with Crippen LogP contribution in [0.1, 0.15) is 6.92 Å². The van der Waals surface area contributed by atoms with Crippen molar-refractivity contribution >= 4 is 15.9 Å². The lowest BCUT2D eigenvalue weighted by Gasteiger charge is -2.11.